The standard InChI is InChI=1S/C17H12N.C12H10N.Ir/c1-3-7-14(8-4-1)16-11-12-17(18-13-16)15-9-5-2-6-10-15;1-10-6-5-9-12(13-10)11-7-3-2-4-8-11;/h1-9,11-13H;2-7,9H,1H3;/q2*-1;. The average molecular weight is 591 g/mol. The van der Waals surface area contributed by atoms with Crippen molar-refractivity contribution in [3.05, 3.63) is 133 Å². The molecule has 0 unspecified atom stereocenters. The molecule has 0 amide bonds. The van der Waals surface area contributed by atoms with Crippen LogP contribution in [-0.2, 0) is 20.1 Å². The molecule has 2 heterocycles. The van der Waals surface area contributed by atoms with Gasteiger partial charge in [-0.15, -0.1) is 71.8 Å². The first-order chi connectivity index (χ1) is 15.3. The van der Waals surface area contributed by atoms with Crippen LogP contribution >= 0.6 is 0 Å². The second-order valence-electron chi connectivity index (χ2n) is 7.01. The smallest absolute Gasteiger partial charge is 0.0266 e. The summed E-state index contributed by atoms with van der Waals surface area (Å²) in [6, 6.07) is 42.5. The molecule has 0 aliphatic rings. The molecule has 5 aromatic rings. The number of aryl methyl sites for hydroxylation is 1. The second kappa shape index (κ2) is 11.9. The van der Waals surface area contributed by atoms with Crippen LogP contribution in [0, 0.1) is 19.1 Å². The molecule has 0 saturated carbocycles. The molecular formula is C29H22IrN2-2. The Morgan fingerprint density at radius 1 is 0.562 bits per heavy atom. The molecule has 3 heteroatoms. The quantitative estimate of drug-likeness (QED) is 0.210. The molecule has 0 bridgehead atoms. The van der Waals surface area contributed by atoms with E-state index in [0.29, 0.717) is 0 Å². The minimum absolute atomic E-state index is 0. The zero-order valence-electron chi connectivity index (χ0n) is 17.7. The van der Waals surface area contributed by atoms with E-state index in [-0.39, 0.29) is 20.1 Å². The van der Waals surface area contributed by atoms with Crippen LogP contribution in [0.25, 0.3) is 33.6 Å². The minimum Gasteiger partial charge on any atom is -0.304 e. The predicted molar refractivity (Wildman–Crippen MR) is 127 cm³/mol. The molecule has 5 rings (SSSR count). The molecule has 2 nitrogen and oxygen atoms in total. The van der Waals surface area contributed by atoms with Gasteiger partial charge in [0, 0.05) is 32.0 Å². The van der Waals surface area contributed by atoms with E-state index in [4.69, 9.17) is 0 Å². The predicted octanol–water partition coefficient (Wildman–Crippen LogP) is 7.07. The van der Waals surface area contributed by atoms with Crippen molar-refractivity contribution in [3.8, 4) is 33.6 Å². The number of rotatable bonds is 3. The van der Waals surface area contributed by atoms with Crippen molar-refractivity contribution in [1.29, 1.82) is 0 Å². The van der Waals surface area contributed by atoms with Crippen LogP contribution in [0.5, 0.6) is 0 Å². The fourth-order valence-corrected chi connectivity index (χ4v) is 3.15. The van der Waals surface area contributed by atoms with Crippen molar-refractivity contribution >= 4 is 0 Å². The fourth-order valence-electron chi connectivity index (χ4n) is 3.15. The van der Waals surface area contributed by atoms with Crippen LogP contribution < -0.4 is 0 Å². The normalized spacial score (nSPS) is 9.78. The van der Waals surface area contributed by atoms with E-state index in [9.17, 15) is 0 Å². The molecule has 0 aliphatic carbocycles. The molecule has 0 N–H and O–H groups in total. The monoisotopic (exact) mass is 591 g/mol. The molecule has 0 fully saturated rings. The maximum atomic E-state index is 4.49. The minimum atomic E-state index is 0. The summed E-state index contributed by atoms with van der Waals surface area (Å²) in [6.07, 6.45) is 1.91. The fraction of sp³-hybridized carbons (Fsp3) is 0.0345. The van der Waals surface area contributed by atoms with Gasteiger partial charge in [-0.1, -0.05) is 54.6 Å². The Hall–Kier alpha value is -3.39. The molecule has 0 spiro atoms. The Morgan fingerprint density at radius 2 is 1.22 bits per heavy atom. The summed E-state index contributed by atoms with van der Waals surface area (Å²) in [5.41, 5.74) is 7.37. The zero-order chi connectivity index (χ0) is 21.3. The zero-order valence-corrected chi connectivity index (χ0v) is 20.1. The second-order valence-corrected chi connectivity index (χ2v) is 7.01. The van der Waals surface area contributed by atoms with Gasteiger partial charge in [-0.05, 0) is 35.5 Å². The molecule has 2 aromatic heterocycles. The van der Waals surface area contributed by atoms with Gasteiger partial charge in [0.2, 0.25) is 0 Å². The number of pyridine rings is 2. The molecule has 0 aliphatic heterocycles. The summed E-state index contributed by atoms with van der Waals surface area (Å²) < 4.78 is 0. The van der Waals surface area contributed by atoms with Gasteiger partial charge in [-0.25, -0.2) is 0 Å². The van der Waals surface area contributed by atoms with Gasteiger partial charge in [0.15, 0.2) is 0 Å². The van der Waals surface area contributed by atoms with Gasteiger partial charge in [0.05, 0.1) is 0 Å². The Balaban J connectivity index is 0.000000184. The van der Waals surface area contributed by atoms with Gasteiger partial charge in [-0.3, -0.25) is 0 Å². The van der Waals surface area contributed by atoms with E-state index < -0.39 is 0 Å². The topological polar surface area (TPSA) is 25.8 Å². The molecular weight excluding hydrogens is 569 g/mol. The molecule has 3 aromatic carbocycles. The van der Waals surface area contributed by atoms with Crippen LogP contribution in [0.3, 0.4) is 0 Å². The van der Waals surface area contributed by atoms with Crippen LogP contribution in [-0.4, -0.2) is 9.97 Å². The van der Waals surface area contributed by atoms with E-state index in [2.05, 4.69) is 40.3 Å². The van der Waals surface area contributed by atoms with Gasteiger partial charge < -0.3 is 9.97 Å². The number of benzene rings is 3. The van der Waals surface area contributed by atoms with E-state index in [0.717, 1.165) is 33.8 Å². The van der Waals surface area contributed by atoms with Crippen LogP contribution in [0.2, 0.25) is 0 Å². The molecule has 32 heavy (non-hydrogen) atoms. The molecule has 1 radical (unpaired) electrons. The summed E-state index contributed by atoms with van der Waals surface area (Å²) in [5.74, 6) is 0. The van der Waals surface area contributed by atoms with Crippen molar-refractivity contribution in [1.82, 2.24) is 9.97 Å². The first-order valence-corrected chi connectivity index (χ1v) is 10.2. The Labute approximate surface area is 203 Å². The van der Waals surface area contributed by atoms with Crippen LogP contribution in [0.4, 0.5) is 0 Å². The third-order valence-electron chi connectivity index (χ3n) is 4.73. The Bertz CT molecular complexity index is 1150. The number of hydrogen-bond donors (Lipinski definition) is 0. The summed E-state index contributed by atoms with van der Waals surface area (Å²) in [5, 5.41) is 0. The van der Waals surface area contributed by atoms with Crippen molar-refractivity contribution in [3.63, 3.8) is 0 Å². The van der Waals surface area contributed by atoms with Crippen molar-refractivity contribution < 1.29 is 20.1 Å². The summed E-state index contributed by atoms with van der Waals surface area (Å²) >= 11 is 0. The van der Waals surface area contributed by atoms with Gasteiger partial charge in [-0.2, -0.15) is 0 Å². The van der Waals surface area contributed by atoms with Gasteiger partial charge in [0.25, 0.3) is 0 Å². The third kappa shape index (κ3) is 6.31. The van der Waals surface area contributed by atoms with Gasteiger partial charge in [0.1, 0.15) is 0 Å². The SMILES string of the molecule is Cc1cccc(-c2[c-]cccc2)n1.[Ir].[c-]1ccccc1-c1ccc(-c2ccccc2)cn1. The summed E-state index contributed by atoms with van der Waals surface area (Å²) in [6.45, 7) is 1.99. The number of hydrogen-bond acceptors (Lipinski definition) is 2. The third-order valence-corrected chi connectivity index (χ3v) is 4.73. The largest absolute Gasteiger partial charge is 0.304 e. The van der Waals surface area contributed by atoms with Crippen molar-refractivity contribution in [2.24, 2.45) is 0 Å². The van der Waals surface area contributed by atoms with E-state index in [1.807, 2.05) is 104 Å². The van der Waals surface area contributed by atoms with E-state index in [1.165, 1.54) is 5.56 Å². The average Bonchev–Trinajstić information content (AvgIpc) is 2.86. The molecule has 0 saturated heterocycles. The maximum absolute atomic E-state index is 4.49. The van der Waals surface area contributed by atoms with E-state index in [1.54, 1.807) is 0 Å². The Kier molecular flexibility index (Phi) is 8.62. The molecule has 0 atom stereocenters. The first-order valence-electron chi connectivity index (χ1n) is 10.2. The summed E-state index contributed by atoms with van der Waals surface area (Å²) in [7, 11) is 0. The van der Waals surface area contributed by atoms with Crippen molar-refractivity contribution in [2.45, 2.75) is 6.92 Å². The van der Waals surface area contributed by atoms with E-state index >= 15 is 0 Å². The Morgan fingerprint density at radius 3 is 1.78 bits per heavy atom. The summed E-state index contributed by atoms with van der Waals surface area (Å²) in [4.78, 5) is 8.91. The van der Waals surface area contributed by atoms with Gasteiger partial charge >= 0.3 is 0 Å². The van der Waals surface area contributed by atoms with Crippen molar-refractivity contribution in [2.75, 3.05) is 0 Å². The van der Waals surface area contributed by atoms with Crippen LogP contribution in [0.15, 0.2) is 115 Å². The van der Waals surface area contributed by atoms with Crippen LogP contribution in [0.1, 0.15) is 5.69 Å². The number of nitrogens with zero attached hydrogens (tertiary/aromatic N) is 2. The molecule has 159 valence electrons. The maximum Gasteiger partial charge on any atom is 0.0266 e. The number of aromatic nitrogens is 2. The first kappa shape index (κ1) is 23.3.